The van der Waals surface area contributed by atoms with E-state index in [1.807, 2.05) is 24.3 Å². The summed E-state index contributed by atoms with van der Waals surface area (Å²) in [5.74, 6) is 0.285. The summed E-state index contributed by atoms with van der Waals surface area (Å²) in [5, 5.41) is 3.57. The van der Waals surface area contributed by atoms with Gasteiger partial charge in [-0.15, -0.1) is 11.3 Å². The Morgan fingerprint density at radius 3 is 2.68 bits per heavy atom. The highest BCUT2D eigenvalue weighted by Crippen LogP contribution is 2.35. The topological polar surface area (TPSA) is 50.8 Å². The van der Waals surface area contributed by atoms with Crippen LogP contribution in [0.1, 0.15) is 39.7 Å². The van der Waals surface area contributed by atoms with Crippen LogP contribution in [0.4, 0.5) is 4.39 Å². The average Bonchev–Trinajstić information content (AvgIpc) is 3.44. The number of benzene rings is 2. The molecule has 0 aliphatic carbocycles. The van der Waals surface area contributed by atoms with Crippen LogP contribution in [0.15, 0.2) is 42.5 Å². The highest BCUT2D eigenvalue weighted by atomic mass is 32.1. The van der Waals surface area contributed by atoms with E-state index in [-0.39, 0.29) is 24.4 Å². The smallest absolute Gasteiger partial charge is 0.261 e. The minimum atomic E-state index is -0.330. The fraction of sp³-hybridized carbons (Fsp3) is 0.375. The maximum Gasteiger partial charge on any atom is 0.261 e. The number of ether oxygens (including phenoxy) is 2. The Morgan fingerprint density at radius 1 is 1.16 bits per heavy atom. The molecule has 1 aliphatic heterocycles. The number of halogens is 1. The van der Waals surface area contributed by atoms with Gasteiger partial charge in [0.25, 0.3) is 5.91 Å². The Labute approximate surface area is 185 Å². The molecule has 7 heteroatoms. The number of methoxy groups -OCH3 is 2. The number of nitrogens with one attached hydrogen (secondary N) is 1. The standard InChI is InChI=1S/C24H27FN2O3S/c1-29-15-17-22-18(25)9-7-11-21(22)31-23(17)24(28)26-14-19(27-12-5-6-13-27)16-8-3-4-10-20(16)30-2/h3-4,7-11,19H,5-6,12-15H2,1-2H3,(H,26,28). The summed E-state index contributed by atoms with van der Waals surface area (Å²) in [4.78, 5) is 16.1. The third-order valence-electron chi connectivity index (χ3n) is 5.79. The van der Waals surface area contributed by atoms with Gasteiger partial charge in [-0.2, -0.15) is 0 Å². The SMILES string of the molecule is COCc1c(C(=O)NCC(c2ccccc2OC)N2CCCC2)sc2cccc(F)c12. The Bertz CT molecular complexity index is 1060. The Kier molecular flexibility index (Phi) is 6.85. The van der Waals surface area contributed by atoms with Crippen molar-refractivity contribution in [2.75, 3.05) is 33.9 Å². The number of thiophene rings is 1. The molecule has 3 aromatic rings. The van der Waals surface area contributed by atoms with Crippen LogP contribution < -0.4 is 10.1 Å². The van der Waals surface area contributed by atoms with Crippen LogP contribution in [0.3, 0.4) is 0 Å². The van der Waals surface area contributed by atoms with Gasteiger partial charge in [0.15, 0.2) is 0 Å². The van der Waals surface area contributed by atoms with Gasteiger partial charge in [0.05, 0.1) is 24.6 Å². The zero-order valence-corrected chi connectivity index (χ0v) is 18.6. The van der Waals surface area contributed by atoms with E-state index in [0.717, 1.165) is 41.9 Å². The lowest BCUT2D eigenvalue weighted by molar-refractivity contribution is 0.0937. The lowest BCUT2D eigenvalue weighted by Crippen LogP contribution is -2.37. The molecular weight excluding hydrogens is 415 g/mol. The molecule has 31 heavy (non-hydrogen) atoms. The molecule has 2 aromatic carbocycles. The molecule has 0 radical (unpaired) electrons. The van der Waals surface area contributed by atoms with E-state index in [1.165, 1.54) is 17.4 Å². The summed E-state index contributed by atoms with van der Waals surface area (Å²) >= 11 is 1.30. The number of hydrogen-bond acceptors (Lipinski definition) is 5. The third-order valence-corrected chi connectivity index (χ3v) is 6.99. The molecule has 1 fully saturated rings. The highest BCUT2D eigenvalue weighted by molar-refractivity contribution is 7.21. The van der Waals surface area contributed by atoms with E-state index in [2.05, 4.69) is 16.3 Å². The number of carbonyl (C=O) groups is 1. The number of nitrogens with zero attached hydrogens (tertiary/aromatic N) is 1. The Balaban J connectivity index is 1.61. The Hall–Kier alpha value is -2.48. The minimum Gasteiger partial charge on any atom is -0.496 e. The normalized spacial score (nSPS) is 15.3. The summed E-state index contributed by atoms with van der Waals surface area (Å²) in [6.45, 7) is 2.61. The predicted molar refractivity (Wildman–Crippen MR) is 121 cm³/mol. The van der Waals surface area contributed by atoms with Gasteiger partial charge in [-0.1, -0.05) is 24.3 Å². The van der Waals surface area contributed by atoms with Crippen LogP contribution >= 0.6 is 11.3 Å². The summed E-state index contributed by atoms with van der Waals surface area (Å²) < 4.78 is 26.1. The van der Waals surface area contributed by atoms with Gasteiger partial charge >= 0.3 is 0 Å². The number of fused-ring (bicyclic) bond motifs is 1. The van der Waals surface area contributed by atoms with E-state index < -0.39 is 0 Å². The van der Waals surface area contributed by atoms with Crippen LogP contribution in [0, 0.1) is 5.82 Å². The van der Waals surface area contributed by atoms with Crippen molar-refractivity contribution in [1.29, 1.82) is 0 Å². The monoisotopic (exact) mass is 442 g/mol. The number of carbonyl (C=O) groups excluding carboxylic acids is 1. The summed E-state index contributed by atoms with van der Waals surface area (Å²) in [5.41, 5.74) is 1.67. The van der Waals surface area contributed by atoms with Crippen molar-refractivity contribution in [2.24, 2.45) is 0 Å². The number of para-hydroxylation sites is 1. The Morgan fingerprint density at radius 2 is 1.94 bits per heavy atom. The molecule has 1 aromatic heterocycles. The summed E-state index contributed by atoms with van der Waals surface area (Å²) in [6, 6.07) is 12.9. The van der Waals surface area contributed by atoms with Gasteiger partial charge in [0.1, 0.15) is 11.6 Å². The molecule has 0 spiro atoms. The molecule has 1 amide bonds. The number of likely N-dealkylation sites (tertiary alicyclic amines) is 1. The zero-order valence-electron chi connectivity index (χ0n) is 17.8. The van der Waals surface area contributed by atoms with E-state index >= 15 is 0 Å². The molecule has 4 rings (SSSR count). The molecule has 1 unspecified atom stereocenters. The van der Waals surface area contributed by atoms with Crippen molar-refractivity contribution in [3.05, 3.63) is 64.3 Å². The van der Waals surface area contributed by atoms with E-state index in [0.29, 0.717) is 22.4 Å². The van der Waals surface area contributed by atoms with Crippen molar-refractivity contribution >= 4 is 27.3 Å². The van der Waals surface area contributed by atoms with Crippen molar-refractivity contribution < 1.29 is 18.7 Å². The lowest BCUT2D eigenvalue weighted by atomic mass is 10.0. The zero-order chi connectivity index (χ0) is 21.8. The van der Waals surface area contributed by atoms with Gasteiger partial charge < -0.3 is 14.8 Å². The molecule has 1 aliphatic rings. The second kappa shape index (κ2) is 9.77. The lowest BCUT2D eigenvalue weighted by Gasteiger charge is -2.29. The third kappa shape index (κ3) is 4.44. The van der Waals surface area contributed by atoms with Crippen LogP contribution in [0.5, 0.6) is 5.75 Å². The van der Waals surface area contributed by atoms with Crippen molar-refractivity contribution in [2.45, 2.75) is 25.5 Å². The first-order valence-corrected chi connectivity index (χ1v) is 11.3. The van der Waals surface area contributed by atoms with E-state index in [4.69, 9.17) is 9.47 Å². The van der Waals surface area contributed by atoms with E-state index in [9.17, 15) is 9.18 Å². The second-order valence-corrected chi connectivity index (χ2v) is 8.72. The number of amides is 1. The van der Waals surface area contributed by atoms with Crippen molar-refractivity contribution in [1.82, 2.24) is 10.2 Å². The first kappa shape index (κ1) is 21.7. The van der Waals surface area contributed by atoms with E-state index in [1.54, 1.807) is 20.3 Å². The maximum absolute atomic E-state index is 14.5. The van der Waals surface area contributed by atoms with Crippen LogP contribution in [0.2, 0.25) is 0 Å². The predicted octanol–water partition coefficient (Wildman–Crippen LogP) is 4.76. The molecule has 2 heterocycles. The van der Waals surface area contributed by atoms with Crippen molar-refractivity contribution in [3.8, 4) is 5.75 Å². The minimum absolute atomic E-state index is 0.0135. The van der Waals surface area contributed by atoms with Gasteiger partial charge in [0.2, 0.25) is 0 Å². The first-order chi connectivity index (χ1) is 15.1. The second-order valence-electron chi connectivity index (χ2n) is 7.67. The molecule has 1 N–H and O–H groups in total. The van der Waals surface area contributed by atoms with Gasteiger partial charge in [0, 0.05) is 34.9 Å². The van der Waals surface area contributed by atoms with Gasteiger partial charge in [-0.05, 0) is 44.1 Å². The molecule has 1 atom stereocenters. The van der Waals surface area contributed by atoms with Gasteiger partial charge in [-0.25, -0.2) is 4.39 Å². The highest BCUT2D eigenvalue weighted by Gasteiger charge is 2.27. The van der Waals surface area contributed by atoms with Crippen LogP contribution in [0.25, 0.3) is 10.1 Å². The molecule has 1 saturated heterocycles. The largest absolute Gasteiger partial charge is 0.496 e. The average molecular weight is 443 g/mol. The van der Waals surface area contributed by atoms with Gasteiger partial charge in [-0.3, -0.25) is 9.69 Å². The molecule has 5 nitrogen and oxygen atoms in total. The number of hydrogen-bond donors (Lipinski definition) is 1. The molecular formula is C24H27FN2O3S. The molecule has 0 bridgehead atoms. The molecule has 164 valence electrons. The summed E-state index contributed by atoms with van der Waals surface area (Å²) in [6.07, 6.45) is 2.29. The van der Waals surface area contributed by atoms with Crippen molar-refractivity contribution in [3.63, 3.8) is 0 Å². The first-order valence-electron chi connectivity index (χ1n) is 10.5. The fourth-order valence-corrected chi connectivity index (χ4v) is 5.47. The van der Waals surface area contributed by atoms with Crippen LogP contribution in [-0.2, 0) is 11.3 Å². The fourth-order valence-electron chi connectivity index (χ4n) is 4.33. The van der Waals surface area contributed by atoms with Crippen LogP contribution in [-0.4, -0.2) is 44.7 Å². The summed E-state index contributed by atoms with van der Waals surface area (Å²) in [7, 11) is 3.22. The number of rotatable bonds is 8. The quantitative estimate of drug-likeness (QED) is 0.546. The molecule has 0 saturated carbocycles. The maximum atomic E-state index is 14.5.